The monoisotopic (exact) mass is 247 g/mol. The van der Waals surface area contributed by atoms with Crippen molar-refractivity contribution in [3.63, 3.8) is 0 Å². The Morgan fingerprint density at radius 2 is 2.06 bits per heavy atom. The fraction of sp³-hybridized carbons (Fsp3) is 0.417. The summed E-state index contributed by atoms with van der Waals surface area (Å²) in [6, 6.07) is 3.66. The van der Waals surface area contributed by atoms with Crippen LogP contribution in [0.4, 0.5) is 0 Å². The van der Waals surface area contributed by atoms with E-state index in [1.165, 1.54) is 15.9 Å². The van der Waals surface area contributed by atoms with Gasteiger partial charge in [0.1, 0.15) is 16.8 Å². The Bertz CT molecular complexity index is 649. The van der Waals surface area contributed by atoms with Crippen molar-refractivity contribution in [2.75, 3.05) is 0 Å². The minimum absolute atomic E-state index is 0.00245. The fourth-order valence-electron chi connectivity index (χ4n) is 1.43. The number of hydrogen-bond donors (Lipinski definition) is 0. The van der Waals surface area contributed by atoms with Crippen molar-refractivity contribution in [3.05, 3.63) is 19.5 Å². The first-order valence-electron chi connectivity index (χ1n) is 5.31. The lowest BCUT2D eigenvalue weighted by Crippen LogP contribution is -2.31. The molecule has 0 aliphatic carbocycles. The van der Waals surface area contributed by atoms with Gasteiger partial charge in [-0.3, -0.25) is 9.36 Å². The summed E-state index contributed by atoms with van der Waals surface area (Å²) < 4.78 is 2.52. The van der Waals surface area contributed by atoms with Crippen LogP contribution >= 0.6 is 11.3 Å². The van der Waals surface area contributed by atoms with Gasteiger partial charge < -0.3 is 0 Å². The third kappa shape index (κ3) is 2.64. The fourth-order valence-corrected chi connectivity index (χ4v) is 2.69. The summed E-state index contributed by atoms with van der Waals surface area (Å²) in [6.45, 7) is 6.25. The Kier molecular flexibility index (Phi) is 4.25. The third-order valence-corrected chi connectivity index (χ3v) is 3.29. The summed E-state index contributed by atoms with van der Waals surface area (Å²) >= 11 is 1.21. The number of aromatic nitrogens is 1. The molecule has 1 rings (SSSR count). The lowest BCUT2D eigenvalue weighted by Gasteiger charge is -1.93. The second-order valence-corrected chi connectivity index (χ2v) is 4.86. The molecule has 0 aliphatic rings. The Balaban J connectivity index is 3.82. The molecule has 17 heavy (non-hydrogen) atoms. The topological polar surface area (TPSA) is 69.6 Å². The van der Waals surface area contributed by atoms with E-state index in [4.69, 9.17) is 10.5 Å². The first-order valence-corrected chi connectivity index (χ1v) is 6.12. The Labute approximate surface area is 103 Å². The normalized spacial score (nSPS) is 11.3. The van der Waals surface area contributed by atoms with Gasteiger partial charge in [0, 0.05) is 6.54 Å². The molecule has 0 unspecified atom stereocenters. The minimum atomic E-state index is -0.121. The lowest BCUT2D eigenvalue weighted by atomic mass is 10.2. The summed E-state index contributed by atoms with van der Waals surface area (Å²) in [6.07, 6.45) is 1.86. The summed E-state index contributed by atoms with van der Waals surface area (Å²) in [4.78, 5) is 12.0. The number of thiazole rings is 1. The summed E-state index contributed by atoms with van der Waals surface area (Å²) in [7, 11) is 0. The van der Waals surface area contributed by atoms with Crippen LogP contribution in [-0.4, -0.2) is 4.57 Å². The Morgan fingerprint density at radius 3 is 2.47 bits per heavy atom. The van der Waals surface area contributed by atoms with Crippen LogP contribution in [0.15, 0.2) is 4.79 Å². The molecule has 1 heterocycles. The van der Waals surface area contributed by atoms with Crippen molar-refractivity contribution < 1.29 is 0 Å². The number of nitriles is 2. The largest absolute Gasteiger partial charge is 0.298 e. The van der Waals surface area contributed by atoms with Crippen LogP contribution in [0.25, 0.3) is 11.6 Å². The standard InChI is InChI=1S/C12H13N3OS/c1-4-15-11(16)10(5-8(2)3)17-12(15)9(6-13)7-14/h5,8H,4H2,1-3H3/b10-5-. The molecule has 1 aromatic rings. The molecule has 0 aromatic carbocycles. The number of nitrogens with zero attached hydrogens (tertiary/aromatic N) is 3. The Morgan fingerprint density at radius 1 is 1.47 bits per heavy atom. The van der Waals surface area contributed by atoms with E-state index in [9.17, 15) is 4.79 Å². The molecule has 0 atom stereocenters. The van der Waals surface area contributed by atoms with E-state index in [1.807, 2.05) is 39.0 Å². The average Bonchev–Trinajstić information content (AvgIpc) is 2.57. The predicted octanol–water partition coefficient (Wildman–Crippen LogP) is 0.564. The van der Waals surface area contributed by atoms with Crippen LogP contribution in [0.5, 0.6) is 0 Å². The van der Waals surface area contributed by atoms with Gasteiger partial charge in [0.15, 0.2) is 5.57 Å². The molecule has 0 radical (unpaired) electrons. The molecule has 0 N–H and O–H groups in total. The van der Waals surface area contributed by atoms with Crippen LogP contribution in [0.3, 0.4) is 0 Å². The second kappa shape index (κ2) is 5.47. The number of hydrogen-bond acceptors (Lipinski definition) is 4. The third-order valence-electron chi connectivity index (χ3n) is 2.15. The molecular weight excluding hydrogens is 234 g/mol. The van der Waals surface area contributed by atoms with Gasteiger partial charge in [-0.1, -0.05) is 19.9 Å². The Hall–Kier alpha value is -1.85. The molecule has 0 spiro atoms. The molecule has 5 heteroatoms. The van der Waals surface area contributed by atoms with E-state index in [-0.39, 0.29) is 17.1 Å². The van der Waals surface area contributed by atoms with Crippen molar-refractivity contribution in [3.8, 4) is 12.1 Å². The van der Waals surface area contributed by atoms with Crippen LogP contribution in [0, 0.1) is 28.6 Å². The second-order valence-electron chi connectivity index (χ2n) is 3.83. The van der Waals surface area contributed by atoms with E-state index in [1.54, 1.807) is 0 Å². The van der Waals surface area contributed by atoms with Crippen LogP contribution in [-0.2, 0) is 6.54 Å². The molecule has 0 amide bonds. The zero-order valence-electron chi connectivity index (χ0n) is 10.0. The molecule has 0 fully saturated rings. The van der Waals surface area contributed by atoms with Crippen molar-refractivity contribution in [2.24, 2.45) is 5.92 Å². The SMILES string of the molecule is CCn1c(=C(C#N)C#N)s/c(=C\C(C)C)c1=O. The van der Waals surface area contributed by atoms with Gasteiger partial charge >= 0.3 is 0 Å². The molecule has 88 valence electrons. The van der Waals surface area contributed by atoms with Gasteiger partial charge in [-0.25, -0.2) is 0 Å². The molecule has 1 aromatic heterocycles. The summed E-state index contributed by atoms with van der Waals surface area (Å²) in [5.41, 5.74) is -0.124. The van der Waals surface area contributed by atoms with Crippen molar-refractivity contribution in [1.82, 2.24) is 4.57 Å². The maximum absolute atomic E-state index is 12.0. The smallest absolute Gasteiger partial charge is 0.268 e. The lowest BCUT2D eigenvalue weighted by molar-refractivity contribution is 0.721. The zero-order chi connectivity index (χ0) is 13.0. The van der Waals surface area contributed by atoms with E-state index < -0.39 is 0 Å². The summed E-state index contributed by atoms with van der Waals surface area (Å²) in [5, 5.41) is 17.7. The molecule has 4 nitrogen and oxygen atoms in total. The molecule has 0 saturated carbocycles. The van der Waals surface area contributed by atoms with Gasteiger partial charge in [-0.15, -0.1) is 11.3 Å². The zero-order valence-corrected chi connectivity index (χ0v) is 10.8. The molecular formula is C12H13N3OS. The molecule has 0 saturated heterocycles. The van der Waals surface area contributed by atoms with Gasteiger partial charge in [-0.05, 0) is 12.8 Å². The van der Waals surface area contributed by atoms with Crippen LogP contribution < -0.4 is 14.8 Å². The van der Waals surface area contributed by atoms with Gasteiger partial charge in [-0.2, -0.15) is 10.5 Å². The van der Waals surface area contributed by atoms with Gasteiger partial charge in [0.05, 0.1) is 4.53 Å². The van der Waals surface area contributed by atoms with Gasteiger partial charge in [0.25, 0.3) is 5.56 Å². The predicted molar refractivity (Wildman–Crippen MR) is 67.4 cm³/mol. The van der Waals surface area contributed by atoms with E-state index in [0.29, 0.717) is 15.7 Å². The van der Waals surface area contributed by atoms with E-state index in [2.05, 4.69) is 0 Å². The minimum Gasteiger partial charge on any atom is -0.298 e. The maximum atomic E-state index is 12.0. The van der Waals surface area contributed by atoms with Crippen LogP contribution in [0.2, 0.25) is 0 Å². The van der Waals surface area contributed by atoms with Crippen molar-refractivity contribution >= 4 is 23.0 Å². The van der Waals surface area contributed by atoms with E-state index >= 15 is 0 Å². The highest BCUT2D eigenvalue weighted by Crippen LogP contribution is 1.93. The molecule has 0 aliphatic heterocycles. The van der Waals surface area contributed by atoms with Crippen molar-refractivity contribution in [2.45, 2.75) is 27.3 Å². The highest BCUT2D eigenvalue weighted by Gasteiger charge is 2.07. The van der Waals surface area contributed by atoms with Crippen molar-refractivity contribution in [1.29, 1.82) is 10.5 Å². The van der Waals surface area contributed by atoms with Gasteiger partial charge in [0.2, 0.25) is 0 Å². The highest BCUT2D eigenvalue weighted by atomic mass is 32.1. The first kappa shape index (κ1) is 13.2. The maximum Gasteiger partial charge on any atom is 0.268 e. The number of rotatable bonds is 2. The summed E-state index contributed by atoms with van der Waals surface area (Å²) in [5.74, 6) is 0.257. The quantitative estimate of drug-likeness (QED) is 0.767. The van der Waals surface area contributed by atoms with E-state index in [0.717, 1.165) is 0 Å². The molecule has 0 bridgehead atoms. The average molecular weight is 247 g/mol. The highest BCUT2D eigenvalue weighted by molar-refractivity contribution is 7.07. The first-order chi connectivity index (χ1) is 8.04. The van der Waals surface area contributed by atoms with Crippen LogP contribution in [0.1, 0.15) is 20.8 Å².